The third-order valence-corrected chi connectivity index (χ3v) is 4.45. The topological polar surface area (TPSA) is 75.1 Å². The summed E-state index contributed by atoms with van der Waals surface area (Å²) >= 11 is 1.37. The van der Waals surface area contributed by atoms with Gasteiger partial charge < -0.3 is 10.4 Å². The summed E-state index contributed by atoms with van der Waals surface area (Å²) in [7, 11) is 0. The van der Waals surface area contributed by atoms with Crippen LogP contribution in [-0.2, 0) is 4.79 Å². The van der Waals surface area contributed by atoms with Crippen LogP contribution in [-0.4, -0.2) is 26.0 Å². The highest BCUT2D eigenvalue weighted by atomic mass is 32.1. The summed E-state index contributed by atoms with van der Waals surface area (Å²) < 4.78 is 4.35. The lowest BCUT2D eigenvalue weighted by molar-refractivity contribution is -0.138. The molecule has 0 aliphatic heterocycles. The highest BCUT2D eigenvalue weighted by Crippen LogP contribution is 2.41. The molecular weight excluding hydrogens is 250 g/mol. The molecule has 2 saturated carbocycles. The number of carboxylic acids is 1. The van der Waals surface area contributed by atoms with Gasteiger partial charge in [0.15, 0.2) is 0 Å². The average Bonchev–Trinajstić information content (AvgIpc) is 2.90. The van der Waals surface area contributed by atoms with Gasteiger partial charge in [-0.25, -0.2) is 4.98 Å². The van der Waals surface area contributed by atoms with Crippen LogP contribution in [0.4, 0.5) is 5.13 Å². The Morgan fingerprint density at radius 2 is 2.17 bits per heavy atom. The quantitative estimate of drug-likeness (QED) is 0.857. The first-order valence-electron chi connectivity index (χ1n) is 6.50. The van der Waals surface area contributed by atoms with Gasteiger partial charge in [0.2, 0.25) is 5.13 Å². The van der Waals surface area contributed by atoms with Crippen molar-refractivity contribution >= 4 is 22.6 Å². The zero-order valence-electron chi connectivity index (χ0n) is 10.2. The minimum Gasteiger partial charge on any atom is -0.481 e. The van der Waals surface area contributed by atoms with Crippen LogP contribution in [0.3, 0.4) is 0 Å². The molecule has 0 spiro atoms. The largest absolute Gasteiger partial charge is 0.481 e. The average molecular weight is 267 g/mol. The van der Waals surface area contributed by atoms with Crippen LogP contribution in [0.5, 0.6) is 0 Å². The monoisotopic (exact) mass is 267 g/mol. The second-order valence-electron chi connectivity index (χ2n) is 5.41. The lowest BCUT2D eigenvalue weighted by Gasteiger charge is -2.28. The van der Waals surface area contributed by atoms with Crippen LogP contribution >= 0.6 is 11.5 Å². The highest BCUT2D eigenvalue weighted by Gasteiger charge is 2.37. The smallest absolute Gasteiger partial charge is 0.305 e. The Bertz CT molecular complexity index is 450. The molecule has 2 fully saturated rings. The van der Waals surface area contributed by atoms with E-state index < -0.39 is 5.97 Å². The Balaban J connectivity index is 1.72. The van der Waals surface area contributed by atoms with Crippen molar-refractivity contribution in [3.05, 3.63) is 5.82 Å². The molecule has 0 aromatic carbocycles. The third kappa shape index (κ3) is 2.48. The van der Waals surface area contributed by atoms with Crippen LogP contribution in [0.15, 0.2) is 0 Å². The summed E-state index contributed by atoms with van der Waals surface area (Å²) in [5.74, 6) is 0.748. The molecule has 3 rings (SSSR count). The minimum absolute atomic E-state index is 0.172. The first-order chi connectivity index (χ1) is 8.67. The first-order valence-corrected chi connectivity index (χ1v) is 7.28. The summed E-state index contributed by atoms with van der Waals surface area (Å²) in [6, 6.07) is 0. The fourth-order valence-electron chi connectivity index (χ4n) is 2.71. The van der Waals surface area contributed by atoms with Crippen LogP contribution in [0.25, 0.3) is 0 Å². The van der Waals surface area contributed by atoms with Crippen molar-refractivity contribution in [3.8, 4) is 0 Å². The number of aliphatic carboxylic acids is 1. The van der Waals surface area contributed by atoms with Gasteiger partial charge in [-0.2, -0.15) is 4.37 Å². The molecule has 1 aromatic rings. The molecule has 1 heterocycles. The Morgan fingerprint density at radius 1 is 1.44 bits per heavy atom. The third-order valence-electron chi connectivity index (χ3n) is 3.81. The van der Waals surface area contributed by atoms with Gasteiger partial charge in [-0.3, -0.25) is 4.79 Å². The Labute approximate surface area is 110 Å². The number of anilines is 1. The molecule has 2 aliphatic carbocycles. The van der Waals surface area contributed by atoms with Gasteiger partial charge in [-0.05, 0) is 25.7 Å². The number of carbonyl (C=O) groups is 1. The van der Waals surface area contributed by atoms with Gasteiger partial charge >= 0.3 is 5.97 Å². The number of hydrogen-bond acceptors (Lipinski definition) is 5. The van der Waals surface area contributed by atoms with Gasteiger partial charge in [0.1, 0.15) is 5.82 Å². The summed E-state index contributed by atoms with van der Waals surface area (Å²) in [5.41, 5.74) is -0.299. The van der Waals surface area contributed by atoms with E-state index >= 15 is 0 Å². The van der Waals surface area contributed by atoms with Crippen molar-refractivity contribution < 1.29 is 9.90 Å². The Hall–Kier alpha value is -1.17. The van der Waals surface area contributed by atoms with Crippen LogP contribution in [0, 0.1) is 0 Å². The zero-order valence-corrected chi connectivity index (χ0v) is 11.0. The maximum atomic E-state index is 11.0. The fourth-order valence-corrected chi connectivity index (χ4v) is 3.47. The van der Waals surface area contributed by atoms with Crippen molar-refractivity contribution in [2.45, 2.75) is 56.4 Å². The van der Waals surface area contributed by atoms with Crippen LogP contribution < -0.4 is 5.32 Å². The molecule has 5 nitrogen and oxygen atoms in total. The van der Waals surface area contributed by atoms with Gasteiger partial charge in [-0.1, -0.05) is 12.8 Å². The van der Waals surface area contributed by atoms with Gasteiger partial charge in [0.05, 0.1) is 12.0 Å². The van der Waals surface area contributed by atoms with Gasteiger partial charge in [-0.15, -0.1) is 0 Å². The summed E-state index contributed by atoms with van der Waals surface area (Å²) in [5, 5.41) is 13.2. The molecule has 1 aromatic heterocycles. The van der Waals surface area contributed by atoms with Gasteiger partial charge in [0, 0.05) is 17.5 Å². The predicted molar refractivity (Wildman–Crippen MR) is 69.0 cm³/mol. The van der Waals surface area contributed by atoms with E-state index in [4.69, 9.17) is 5.11 Å². The molecule has 6 heteroatoms. The molecule has 0 saturated heterocycles. The molecule has 18 heavy (non-hydrogen) atoms. The van der Waals surface area contributed by atoms with E-state index in [-0.39, 0.29) is 12.0 Å². The van der Waals surface area contributed by atoms with Crippen LogP contribution in [0.1, 0.15) is 56.7 Å². The van der Waals surface area contributed by atoms with E-state index in [1.807, 2.05) is 0 Å². The second-order valence-corrected chi connectivity index (χ2v) is 6.17. The number of rotatable bonds is 5. The highest BCUT2D eigenvalue weighted by molar-refractivity contribution is 7.09. The minimum atomic E-state index is -0.740. The number of nitrogens with zero attached hydrogens (tertiary/aromatic N) is 2. The number of hydrogen-bond donors (Lipinski definition) is 2. The van der Waals surface area contributed by atoms with E-state index in [2.05, 4.69) is 14.7 Å². The van der Waals surface area contributed by atoms with E-state index in [9.17, 15) is 4.79 Å². The second kappa shape index (κ2) is 4.50. The van der Waals surface area contributed by atoms with Gasteiger partial charge in [0.25, 0.3) is 0 Å². The first kappa shape index (κ1) is 11.9. The van der Waals surface area contributed by atoms with E-state index in [0.717, 1.165) is 36.6 Å². The number of nitrogens with one attached hydrogen (secondary N) is 1. The molecule has 2 N–H and O–H groups in total. The number of aromatic nitrogens is 2. The normalized spacial score (nSPS) is 22.0. The SMILES string of the molecule is O=C(O)CC1(Nc2nc(C3CC3)ns2)CCCC1. The molecule has 0 atom stereocenters. The van der Waals surface area contributed by atoms with Crippen molar-refractivity contribution in [2.24, 2.45) is 0 Å². The van der Waals surface area contributed by atoms with Crippen molar-refractivity contribution in [2.75, 3.05) is 5.32 Å². The fraction of sp³-hybridized carbons (Fsp3) is 0.750. The summed E-state index contributed by atoms with van der Waals surface area (Å²) in [4.78, 5) is 15.5. The number of carboxylic acid groups (broad SMARTS) is 1. The van der Waals surface area contributed by atoms with Crippen molar-refractivity contribution in [1.29, 1.82) is 0 Å². The molecule has 0 bridgehead atoms. The molecule has 0 unspecified atom stereocenters. The summed E-state index contributed by atoms with van der Waals surface area (Å²) in [6.45, 7) is 0. The molecular formula is C12H17N3O2S. The van der Waals surface area contributed by atoms with Crippen LogP contribution in [0.2, 0.25) is 0 Å². The standard InChI is InChI=1S/C12H17N3O2S/c16-9(17)7-12(5-1-2-6-12)14-11-13-10(15-18-11)8-3-4-8/h8H,1-7H2,(H,16,17)(H,13,14,15). The zero-order chi connectivity index (χ0) is 12.6. The summed E-state index contributed by atoms with van der Waals surface area (Å²) in [6.07, 6.45) is 6.57. The lowest BCUT2D eigenvalue weighted by Crippen LogP contribution is -2.37. The Morgan fingerprint density at radius 3 is 2.78 bits per heavy atom. The van der Waals surface area contributed by atoms with E-state index in [0.29, 0.717) is 5.92 Å². The van der Waals surface area contributed by atoms with E-state index in [1.54, 1.807) is 0 Å². The maximum Gasteiger partial charge on any atom is 0.305 e. The lowest BCUT2D eigenvalue weighted by atomic mass is 9.93. The predicted octanol–water partition coefficient (Wildman–Crippen LogP) is 2.61. The molecule has 2 aliphatic rings. The maximum absolute atomic E-state index is 11.0. The molecule has 98 valence electrons. The van der Waals surface area contributed by atoms with Crippen molar-refractivity contribution in [3.63, 3.8) is 0 Å². The molecule has 0 amide bonds. The van der Waals surface area contributed by atoms with Crippen molar-refractivity contribution in [1.82, 2.24) is 9.36 Å². The molecule has 0 radical (unpaired) electrons. The Kier molecular flexibility index (Phi) is 2.97. The van der Waals surface area contributed by atoms with E-state index in [1.165, 1.54) is 24.4 Å².